The predicted molar refractivity (Wildman–Crippen MR) is 34.4 cm³/mol. The van der Waals surface area contributed by atoms with E-state index in [4.69, 9.17) is 11.6 Å². The Kier molecular flexibility index (Phi) is 3.34. The Hall–Kier alpha value is 0.210. The number of hydrogen-bond donors (Lipinski definition) is 0. The highest BCUT2D eigenvalue weighted by molar-refractivity contribution is 7.08. The van der Waals surface area contributed by atoms with E-state index in [-0.39, 0.29) is 12.4 Å². The molecule has 40 valence electrons. The normalized spacial score (nSPS) is 7.57. The molecule has 0 aliphatic heterocycles. The highest BCUT2D eigenvalue weighted by Gasteiger charge is 1.79. The van der Waals surface area contributed by atoms with Gasteiger partial charge in [0.1, 0.15) is 5.15 Å². The summed E-state index contributed by atoms with van der Waals surface area (Å²) in [5, 5.41) is 2.36. The maximum atomic E-state index is 5.35. The fourth-order valence-corrected chi connectivity index (χ4v) is 0.867. The van der Waals surface area contributed by atoms with Gasteiger partial charge in [-0.3, -0.25) is 0 Å². The molecule has 0 fully saturated rings. The molecule has 0 bridgehead atoms. The minimum absolute atomic E-state index is 0. The van der Waals surface area contributed by atoms with Crippen molar-refractivity contribution in [2.24, 2.45) is 0 Å². The van der Waals surface area contributed by atoms with Crippen LogP contribution in [0.2, 0.25) is 5.15 Å². The number of nitrogens with zero attached hydrogens (tertiary/aromatic N) is 1. The van der Waals surface area contributed by atoms with Crippen molar-refractivity contribution < 1.29 is 0 Å². The average Bonchev–Trinajstić information content (AvgIpc) is 1.86. The van der Waals surface area contributed by atoms with E-state index in [1.54, 1.807) is 10.9 Å². The van der Waals surface area contributed by atoms with Crippen LogP contribution in [0.1, 0.15) is 0 Å². The minimum Gasteiger partial charge on any atom is -0.233 e. The summed E-state index contributed by atoms with van der Waals surface area (Å²) in [7, 11) is 0. The highest BCUT2D eigenvalue weighted by Crippen LogP contribution is 2.05. The molecule has 0 aliphatic rings. The maximum absolute atomic E-state index is 5.35. The number of halogens is 2. The Morgan fingerprint density at radius 1 is 1.71 bits per heavy atom. The fourth-order valence-electron chi connectivity index (χ4n) is 0.198. The Morgan fingerprint density at radius 2 is 2.43 bits per heavy atom. The summed E-state index contributed by atoms with van der Waals surface area (Å²) in [6, 6.07) is 0. The van der Waals surface area contributed by atoms with Crippen molar-refractivity contribution in [1.29, 1.82) is 0 Å². The van der Waals surface area contributed by atoms with E-state index in [0.717, 1.165) is 0 Å². The smallest absolute Gasteiger partial charge is 0.139 e. The van der Waals surface area contributed by atoms with Crippen molar-refractivity contribution in [1.82, 2.24) is 4.98 Å². The van der Waals surface area contributed by atoms with Crippen molar-refractivity contribution in [2.75, 3.05) is 0 Å². The van der Waals surface area contributed by atoms with Crippen LogP contribution in [0.4, 0.5) is 0 Å². The van der Waals surface area contributed by atoms with Crippen LogP contribution in [0.3, 0.4) is 0 Å². The van der Waals surface area contributed by atoms with Gasteiger partial charge in [0.2, 0.25) is 0 Å². The molecule has 1 rings (SSSR count). The van der Waals surface area contributed by atoms with E-state index >= 15 is 0 Å². The van der Waals surface area contributed by atoms with Crippen LogP contribution in [0.5, 0.6) is 0 Å². The van der Waals surface area contributed by atoms with Crippen molar-refractivity contribution >= 4 is 35.3 Å². The third kappa shape index (κ3) is 2.12. The van der Waals surface area contributed by atoms with Crippen LogP contribution in [-0.4, -0.2) is 4.98 Å². The van der Waals surface area contributed by atoms with Gasteiger partial charge < -0.3 is 0 Å². The van der Waals surface area contributed by atoms with E-state index < -0.39 is 0 Å². The molecule has 0 saturated carbocycles. The lowest BCUT2D eigenvalue weighted by Crippen LogP contribution is -1.49. The second-order valence-electron chi connectivity index (χ2n) is 0.811. The summed E-state index contributed by atoms with van der Waals surface area (Å²) in [6.45, 7) is 0. The van der Waals surface area contributed by atoms with Crippen LogP contribution < -0.4 is 0 Å². The van der Waals surface area contributed by atoms with E-state index in [1.165, 1.54) is 11.3 Å². The zero-order valence-electron chi connectivity index (χ0n) is 3.30. The molecule has 0 atom stereocenters. The SMILES string of the molecule is Cl.Clc1cscn1. The first-order valence-electron chi connectivity index (χ1n) is 1.43. The monoisotopic (exact) mass is 155 g/mol. The van der Waals surface area contributed by atoms with Crippen LogP contribution in [0, 0.1) is 0 Å². The number of thiazole rings is 1. The van der Waals surface area contributed by atoms with Gasteiger partial charge in [-0.2, -0.15) is 0 Å². The van der Waals surface area contributed by atoms with Crippen molar-refractivity contribution in [3.05, 3.63) is 16.0 Å². The lowest BCUT2D eigenvalue weighted by Gasteiger charge is -1.61. The quantitative estimate of drug-likeness (QED) is 0.561. The Bertz CT molecular complexity index is 116. The molecule has 0 aromatic carbocycles. The number of rotatable bonds is 0. The molecule has 0 saturated heterocycles. The van der Waals surface area contributed by atoms with E-state index in [0.29, 0.717) is 5.15 Å². The summed E-state index contributed by atoms with van der Waals surface area (Å²) < 4.78 is 0. The lowest BCUT2D eigenvalue weighted by molar-refractivity contribution is 1.42. The Balaban J connectivity index is 0.000000360. The predicted octanol–water partition coefficient (Wildman–Crippen LogP) is 2.22. The molecule has 1 heterocycles. The van der Waals surface area contributed by atoms with Gasteiger partial charge in [0.05, 0.1) is 5.51 Å². The molecular formula is C3H3Cl2NS. The molecule has 0 N–H and O–H groups in total. The molecule has 1 nitrogen and oxygen atoms in total. The van der Waals surface area contributed by atoms with Crippen LogP contribution in [0.15, 0.2) is 10.9 Å². The third-order valence-electron chi connectivity index (χ3n) is 0.402. The van der Waals surface area contributed by atoms with Gasteiger partial charge in [-0.05, 0) is 0 Å². The zero-order chi connectivity index (χ0) is 4.41. The largest absolute Gasteiger partial charge is 0.233 e. The Morgan fingerprint density at radius 3 is 2.57 bits per heavy atom. The van der Waals surface area contributed by atoms with Gasteiger partial charge in [-0.1, -0.05) is 11.6 Å². The molecule has 7 heavy (non-hydrogen) atoms. The summed E-state index contributed by atoms with van der Waals surface area (Å²) in [4.78, 5) is 3.70. The van der Waals surface area contributed by atoms with Gasteiger partial charge in [-0.25, -0.2) is 4.98 Å². The first kappa shape index (κ1) is 7.21. The van der Waals surface area contributed by atoms with Crippen molar-refractivity contribution in [2.45, 2.75) is 0 Å². The van der Waals surface area contributed by atoms with Gasteiger partial charge in [0.25, 0.3) is 0 Å². The van der Waals surface area contributed by atoms with Crippen LogP contribution in [0.25, 0.3) is 0 Å². The van der Waals surface area contributed by atoms with E-state index in [9.17, 15) is 0 Å². The molecule has 0 unspecified atom stereocenters. The van der Waals surface area contributed by atoms with Crippen LogP contribution in [-0.2, 0) is 0 Å². The van der Waals surface area contributed by atoms with E-state index in [1.807, 2.05) is 0 Å². The summed E-state index contributed by atoms with van der Waals surface area (Å²) in [6.07, 6.45) is 0. The molecule has 0 amide bonds. The number of hydrogen-bond acceptors (Lipinski definition) is 2. The summed E-state index contributed by atoms with van der Waals surface area (Å²) in [5.74, 6) is 0. The fraction of sp³-hybridized carbons (Fsp3) is 0. The molecule has 0 spiro atoms. The van der Waals surface area contributed by atoms with Gasteiger partial charge >= 0.3 is 0 Å². The van der Waals surface area contributed by atoms with Gasteiger partial charge in [0, 0.05) is 5.38 Å². The molecular weight excluding hydrogens is 153 g/mol. The number of aromatic nitrogens is 1. The summed E-state index contributed by atoms with van der Waals surface area (Å²) in [5.41, 5.74) is 1.70. The summed E-state index contributed by atoms with van der Waals surface area (Å²) >= 11 is 6.85. The van der Waals surface area contributed by atoms with Gasteiger partial charge in [-0.15, -0.1) is 23.7 Å². The Labute approximate surface area is 56.7 Å². The zero-order valence-corrected chi connectivity index (χ0v) is 5.69. The molecule has 0 aliphatic carbocycles. The average molecular weight is 156 g/mol. The second kappa shape index (κ2) is 3.24. The van der Waals surface area contributed by atoms with Crippen molar-refractivity contribution in [3.63, 3.8) is 0 Å². The first-order chi connectivity index (χ1) is 2.89. The highest BCUT2D eigenvalue weighted by atomic mass is 35.5. The maximum Gasteiger partial charge on any atom is 0.139 e. The molecule has 0 radical (unpaired) electrons. The first-order valence-corrected chi connectivity index (χ1v) is 2.75. The lowest BCUT2D eigenvalue weighted by atomic mass is 11.0. The van der Waals surface area contributed by atoms with Crippen LogP contribution >= 0.6 is 35.3 Å². The van der Waals surface area contributed by atoms with E-state index in [2.05, 4.69) is 4.98 Å². The molecule has 4 heteroatoms. The molecule has 1 aromatic heterocycles. The standard InChI is InChI=1S/C3H2ClNS.ClH/c4-3-1-6-2-5-3;/h1-2H;1H. The molecule has 1 aromatic rings. The topological polar surface area (TPSA) is 12.9 Å². The van der Waals surface area contributed by atoms with Gasteiger partial charge in [0.15, 0.2) is 0 Å². The minimum atomic E-state index is 0. The third-order valence-corrected chi connectivity index (χ3v) is 1.32. The second-order valence-corrected chi connectivity index (χ2v) is 1.92. The van der Waals surface area contributed by atoms with Crippen molar-refractivity contribution in [3.8, 4) is 0 Å².